The molecule has 6 nitrogen and oxygen atoms in total. The van der Waals surface area contributed by atoms with Crippen LogP contribution in [0.2, 0.25) is 0 Å². The molecule has 1 aliphatic rings. The zero-order valence-corrected chi connectivity index (χ0v) is 13.5. The molecule has 0 unspecified atom stereocenters. The Labute approximate surface area is 140 Å². The van der Waals surface area contributed by atoms with Crippen molar-refractivity contribution in [2.45, 2.75) is 32.5 Å². The highest BCUT2D eigenvalue weighted by Gasteiger charge is 2.54. The van der Waals surface area contributed by atoms with Gasteiger partial charge in [-0.1, -0.05) is 30.3 Å². The maximum Gasteiger partial charge on any atom is 0.233 e. The van der Waals surface area contributed by atoms with E-state index in [0.29, 0.717) is 19.5 Å². The van der Waals surface area contributed by atoms with E-state index in [9.17, 15) is 14.9 Å². The summed E-state index contributed by atoms with van der Waals surface area (Å²) in [6.45, 7) is 2.79. The number of hydrogen-bond donors (Lipinski definition) is 0. The number of nitro groups is 1. The van der Waals surface area contributed by atoms with E-state index in [1.54, 1.807) is 11.1 Å². The van der Waals surface area contributed by atoms with Crippen molar-refractivity contribution in [2.24, 2.45) is 5.92 Å². The highest BCUT2D eigenvalue weighted by Crippen LogP contribution is 2.35. The first-order valence-electron chi connectivity index (χ1n) is 7.93. The van der Waals surface area contributed by atoms with Crippen LogP contribution in [-0.2, 0) is 17.9 Å². The molecule has 0 aliphatic heterocycles. The molecule has 2 aromatic rings. The van der Waals surface area contributed by atoms with Crippen LogP contribution in [0, 0.1) is 23.0 Å². The monoisotopic (exact) mass is 325 g/mol. The highest BCUT2D eigenvalue weighted by atomic mass is 16.6. The number of amides is 1. The summed E-state index contributed by atoms with van der Waals surface area (Å²) in [5, 5.41) is 10.9. The molecule has 1 aromatic carbocycles. The number of carbonyl (C=O) groups excluding carboxylic acids is 1. The van der Waals surface area contributed by atoms with Crippen molar-refractivity contribution in [1.29, 1.82) is 0 Å². The van der Waals surface area contributed by atoms with Crippen LogP contribution in [0.4, 0.5) is 0 Å². The number of pyridine rings is 1. The van der Waals surface area contributed by atoms with Gasteiger partial charge < -0.3 is 4.90 Å². The molecule has 1 aromatic heterocycles. The molecular weight excluding hydrogens is 306 g/mol. The van der Waals surface area contributed by atoms with E-state index in [-0.39, 0.29) is 10.8 Å². The third kappa shape index (κ3) is 3.59. The summed E-state index contributed by atoms with van der Waals surface area (Å²) in [5.74, 6) is -0.668. The fraction of sp³-hybridized carbons (Fsp3) is 0.333. The van der Waals surface area contributed by atoms with Crippen LogP contribution in [-0.4, -0.2) is 26.8 Å². The molecule has 1 aliphatic carbocycles. The molecule has 24 heavy (non-hydrogen) atoms. The van der Waals surface area contributed by atoms with Crippen LogP contribution in [0.1, 0.15) is 23.2 Å². The van der Waals surface area contributed by atoms with Crippen molar-refractivity contribution in [1.82, 2.24) is 9.88 Å². The van der Waals surface area contributed by atoms with Gasteiger partial charge in [0.25, 0.3) is 0 Å². The molecule has 124 valence electrons. The summed E-state index contributed by atoms with van der Waals surface area (Å²) in [7, 11) is 0. The number of aryl methyl sites for hydroxylation is 1. The second kappa shape index (κ2) is 6.78. The van der Waals surface area contributed by atoms with Crippen LogP contribution in [0.3, 0.4) is 0 Å². The van der Waals surface area contributed by atoms with Gasteiger partial charge in [0.1, 0.15) is 5.92 Å². The van der Waals surface area contributed by atoms with Gasteiger partial charge >= 0.3 is 0 Å². The number of rotatable bonds is 6. The smallest absolute Gasteiger partial charge is 0.233 e. The molecular formula is C18H19N3O3. The number of aromatic nitrogens is 1. The maximum absolute atomic E-state index is 12.7. The molecule has 0 N–H and O–H groups in total. The summed E-state index contributed by atoms with van der Waals surface area (Å²) in [6.07, 6.45) is 2.01. The maximum atomic E-state index is 12.7. The summed E-state index contributed by atoms with van der Waals surface area (Å²) >= 11 is 0. The molecule has 1 amide bonds. The topological polar surface area (TPSA) is 76.3 Å². The van der Waals surface area contributed by atoms with E-state index in [0.717, 1.165) is 16.8 Å². The van der Waals surface area contributed by atoms with Gasteiger partial charge in [0.15, 0.2) is 0 Å². The van der Waals surface area contributed by atoms with Gasteiger partial charge in [-0.05, 0) is 30.2 Å². The third-order valence-electron chi connectivity index (χ3n) is 4.36. The molecule has 1 heterocycles. The molecule has 1 saturated carbocycles. The van der Waals surface area contributed by atoms with Gasteiger partial charge in [-0.3, -0.25) is 19.9 Å². The van der Waals surface area contributed by atoms with E-state index in [1.165, 1.54) is 0 Å². The van der Waals surface area contributed by atoms with Gasteiger partial charge in [-0.15, -0.1) is 0 Å². The van der Waals surface area contributed by atoms with Crippen molar-refractivity contribution in [2.75, 3.05) is 0 Å². The first kappa shape index (κ1) is 16.1. The molecule has 0 radical (unpaired) electrons. The SMILES string of the molecule is Cc1ccccc1CN(Cc1ccccn1)C(=O)[C@H]1C[C@@H]1[N+](=O)[O-]. The molecule has 1 fully saturated rings. The zero-order valence-electron chi connectivity index (χ0n) is 13.5. The van der Waals surface area contributed by atoms with Crippen LogP contribution in [0.15, 0.2) is 48.7 Å². The van der Waals surface area contributed by atoms with Crippen molar-refractivity contribution < 1.29 is 9.72 Å². The Bertz CT molecular complexity index is 748. The van der Waals surface area contributed by atoms with Gasteiger partial charge in [0.2, 0.25) is 11.9 Å². The molecule has 2 atom stereocenters. The average Bonchev–Trinajstić information content (AvgIpc) is 3.37. The van der Waals surface area contributed by atoms with Crippen LogP contribution >= 0.6 is 0 Å². The van der Waals surface area contributed by atoms with E-state index in [2.05, 4.69) is 4.98 Å². The van der Waals surface area contributed by atoms with E-state index < -0.39 is 12.0 Å². The average molecular weight is 325 g/mol. The van der Waals surface area contributed by atoms with Crippen molar-refractivity contribution in [3.05, 3.63) is 75.6 Å². The zero-order chi connectivity index (χ0) is 17.1. The van der Waals surface area contributed by atoms with Crippen LogP contribution in [0.5, 0.6) is 0 Å². The fourth-order valence-electron chi connectivity index (χ4n) is 2.81. The molecule has 0 bridgehead atoms. The minimum absolute atomic E-state index is 0.161. The standard InChI is InChI=1S/C18H19N3O3/c1-13-6-2-3-7-14(13)11-20(12-15-8-4-5-9-19-15)18(22)16-10-17(16)21(23)24/h2-9,16-17H,10-12H2,1H3/t16-,17-/m0/s1. The highest BCUT2D eigenvalue weighted by molar-refractivity contribution is 5.82. The molecule has 0 saturated heterocycles. The van der Waals surface area contributed by atoms with Gasteiger partial charge in [-0.25, -0.2) is 0 Å². The second-order valence-electron chi connectivity index (χ2n) is 6.14. The Hall–Kier alpha value is -2.76. The molecule has 3 rings (SSSR count). The van der Waals surface area contributed by atoms with E-state index in [1.807, 2.05) is 49.4 Å². The predicted molar refractivity (Wildman–Crippen MR) is 88.6 cm³/mol. The quantitative estimate of drug-likeness (QED) is 0.604. The predicted octanol–water partition coefficient (Wildman–Crippen LogP) is 2.58. The Kier molecular flexibility index (Phi) is 4.55. The lowest BCUT2D eigenvalue weighted by Crippen LogP contribution is -2.33. The van der Waals surface area contributed by atoms with Gasteiger partial charge in [0.05, 0.1) is 12.2 Å². The Morgan fingerprint density at radius 3 is 2.62 bits per heavy atom. The summed E-state index contributed by atoms with van der Waals surface area (Å²) in [4.78, 5) is 29.2. The summed E-state index contributed by atoms with van der Waals surface area (Å²) < 4.78 is 0. The minimum atomic E-state index is -0.736. The second-order valence-corrected chi connectivity index (χ2v) is 6.14. The lowest BCUT2D eigenvalue weighted by atomic mass is 10.1. The Morgan fingerprint density at radius 1 is 1.25 bits per heavy atom. The fourth-order valence-corrected chi connectivity index (χ4v) is 2.81. The largest absolute Gasteiger partial charge is 0.332 e. The minimum Gasteiger partial charge on any atom is -0.332 e. The Morgan fingerprint density at radius 2 is 2.00 bits per heavy atom. The first-order valence-corrected chi connectivity index (χ1v) is 7.93. The van der Waals surface area contributed by atoms with Crippen molar-refractivity contribution >= 4 is 5.91 Å². The first-order chi connectivity index (χ1) is 11.6. The van der Waals surface area contributed by atoms with Crippen LogP contribution in [0.25, 0.3) is 0 Å². The van der Waals surface area contributed by atoms with Crippen molar-refractivity contribution in [3.63, 3.8) is 0 Å². The number of carbonyl (C=O) groups is 1. The molecule has 0 spiro atoms. The number of benzene rings is 1. The van der Waals surface area contributed by atoms with Gasteiger partial charge in [0, 0.05) is 24.1 Å². The number of nitrogens with zero attached hydrogens (tertiary/aromatic N) is 3. The van der Waals surface area contributed by atoms with Gasteiger partial charge in [-0.2, -0.15) is 0 Å². The lowest BCUT2D eigenvalue weighted by Gasteiger charge is -2.23. The number of hydrogen-bond acceptors (Lipinski definition) is 4. The van der Waals surface area contributed by atoms with E-state index in [4.69, 9.17) is 0 Å². The van der Waals surface area contributed by atoms with Crippen LogP contribution < -0.4 is 0 Å². The van der Waals surface area contributed by atoms with Crippen molar-refractivity contribution in [3.8, 4) is 0 Å². The summed E-state index contributed by atoms with van der Waals surface area (Å²) in [6, 6.07) is 12.7. The molecule has 6 heteroatoms. The lowest BCUT2D eigenvalue weighted by molar-refractivity contribution is -0.497. The third-order valence-corrected chi connectivity index (χ3v) is 4.36. The Balaban J connectivity index is 1.80. The van der Waals surface area contributed by atoms with E-state index >= 15 is 0 Å². The summed E-state index contributed by atoms with van der Waals surface area (Å²) in [5.41, 5.74) is 2.91. The normalized spacial score (nSPS) is 18.9.